The van der Waals surface area contributed by atoms with Crippen LogP contribution in [-0.4, -0.2) is 26.7 Å². The van der Waals surface area contributed by atoms with Crippen LogP contribution >= 0.6 is 34.5 Å². The van der Waals surface area contributed by atoms with Gasteiger partial charge in [-0.05, 0) is 48.4 Å². The van der Waals surface area contributed by atoms with Crippen LogP contribution in [-0.2, 0) is 10.0 Å². The van der Waals surface area contributed by atoms with E-state index in [1.54, 1.807) is 11.3 Å². The molecule has 23 heavy (non-hydrogen) atoms. The summed E-state index contributed by atoms with van der Waals surface area (Å²) in [6, 6.07) is 8.26. The second kappa shape index (κ2) is 8.46. The van der Waals surface area contributed by atoms with Crippen molar-refractivity contribution in [3.63, 3.8) is 0 Å². The van der Waals surface area contributed by atoms with Crippen LogP contribution < -0.4 is 4.72 Å². The van der Waals surface area contributed by atoms with Crippen LogP contribution in [0.15, 0.2) is 40.6 Å². The molecule has 4 nitrogen and oxygen atoms in total. The quantitative estimate of drug-likeness (QED) is 0.714. The van der Waals surface area contributed by atoms with Crippen LogP contribution in [0.3, 0.4) is 0 Å². The van der Waals surface area contributed by atoms with Gasteiger partial charge in [-0.1, -0.05) is 29.3 Å². The minimum atomic E-state index is -3.72. The van der Waals surface area contributed by atoms with Gasteiger partial charge in [-0.25, -0.2) is 13.1 Å². The van der Waals surface area contributed by atoms with Gasteiger partial charge in [0.05, 0.1) is 5.02 Å². The molecule has 0 aliphatic heterocycles. The Morgan fingerprint density at radius 3 is 2.65 bits per heavy atom. The summed E-state index contributed by atoms with van der Waals surface area (Å²) in [5, 5.41) is 11.6. The molecule has 0 spiro atoms. The molecule has 1 aromatic heterocycles. The van der Waals surface area contributed by atoms with E-state index in [-0.39, 0.29) is 29.0 Å². The van der Waals surface area contributed by atoms with Crippen LogP contribution in [0.4, 0.5) is 0 Å². The molecule has 1 unspecified atom stereocenters. The first kappa shape index (κ1) is 18.7. The Morgan fingerprint density at radius 2 is 2.00 bits per heavy atom. The fraction of sp³-hybridized carbons (Fsp3) is 0.333. The fourth-order valence-electron chi connectivity index (χ4n) is 2.24. The molecule has 0 aliphatic rings. The van der Waals surface area contributed by atoms with Gasteiger partial charge in [-0.3, -0.25) is 0 Å². The van der Waals surface area contributed by atoms with Crippen LogP contribution in [0.2, 0.25) is 10.0 Å². The molecule has 0 aliphatic carbocycles. The van der Waals surface area contributed by atoms with Crippen LogP contribution in [0.25, 0.3) is 0 Å². The lowest BCUT2D eigenvalue weighted by molar-refractivity contribution is 0.273. The number of hydrogen-bond donors (Lipinski definition) is 2. The highest BCUT2D eigenvalue weighted by molar-refractivity contribution is 7.89. The van der Waals surface area contributed by atoms with Gasteiger partial charge in [0, 0.05) is 23.1 Å². The van der Waals surface area contributed by atoms with E-state index in [1.807, 2.05) is 17.5 Å². The second-order valence-corrected chi connectivity index (χ2v) is 8.54. The number of rotatable bonds is 8. The van der Waals surface area contributed by atoms with Gasteiger partial charge in [0.1, 0.15) is 4.90 Å². The van der Waals surface area contributed by atoms with E-state index < -0.39 is 10.0 Å². The summed E-state index contributed by atoms with van der Waals surface area (Å²) in [5.41, 5.74) is 0. The maximum atomic E-state index is 12.3. The fourth-order valence-corrected chi connectivity index (χ4v) is 4.94. The highest BCUT2D eigenvalue weighted by Gasteiger charge is 2.19. The molecule has 0 radical (unpaired) electrons. The van der Waals surface area contributed by atoms with Crippen molar-refractivity contribution in [2.75, 3.05) is 13.2 Å². The maximum absolute atomic E-state index is 12.3. The zero-order valence-corrected chi connectivity index (χ0v) is 15.4. The van der Waals surface area contributed by atoms with E-state index >= 15 is 0 Å². The second-order valence-electron chi connectivity index (χ2n) is 4.99. The molecular formula is C15H17Cl2NO3S2. The molecule has 1 aromatic carbocycles. The lowest BCUT2D eigenvalue weighted by Gasteiger charge is -2.15. The summed E-state index contributed by atoms with van der Waals surface area (Å²) >= 11 is 13.4. The lowest BCUT2D eigenvalue weighted by atomic mass is 10.0. The van der Waals surface area contributed by atoms with Gasteiger partial charge in [0.15, 0.2) is 0 Å². The molecular weight excluding hydrogens is 377 g/mol. The van der Waals surface area contributed by atoms with E-state index in [0.29, 0.717) is 17.9 Å². The topological polar surface area (TPSA) is 66.4 Å². The number of hydrogen-bond acceptors (Lipinski definition) is 4. The summed E-state index contributed by atoms with van der Waals surface area (Å²) in [6.45, 7) is 0.323. The molecule has 126 valence electrons. The predicted octanol–water partition coefficient (Wildman–Crippen LogP) is 3.89. The van der Waals surface area contributed by atoms with E-state index in [2.05, 4.69) is 4.72 Å². The normalized spacial score (nSPS) is 13.2. The third kappa shape index (κ3) is 5.17. The number of benzene rings is 1. The van der Waals surface area contributed by atoms with Crippen molar-refractivity contribution in [1.82, 2.24) is 4.72 Å². The van der Waals surface area contributed by atoms with Crippen LogP contribution in [0, 0.1) is 0 Å². The molecule has 8 heteroatoms. The van der Waals surface area contributed by atoms with Gasteiger partial charge in [-0.15, -0.1) is 11.3 Å². The van der Waals surface area contributed by atoms with Crippen LogP contribution in [0.5, 0.6) is 0 Å². The number of thiophene rings is 1. The Morgan fingerprint density at radius 1 is 1.22 bits per heavy atom. The molecule has 0 saturated carbocycles. The summed E-state index contributed by atoms with van der Waals surface area (Å²) in [7, 11) is -3.72. The minimum absolute atomic E-state index is 0.0264. The Kier molecular flexibility index (Phi) is 6.88. The monoisotopic (exact) mass is 393 g/mol. The molecule has 2 aromatic rings. The molecule has 1 atom stereocenters. The Hall–Kier alpha value is -0.630. The molecule has 0 saturated heterocycles. The maximum Gasteiger partial charge on any atom is 0.242 e. The van der Waals surface area contributed by atoms with E-state index in [0.717, 1.165) is 4.88 Å². The number of aliphatic hydroxyl groups is 1. The first-order chi connectivity index (χ1) is 10.9. The van der Waals surface area contributed by atoms with Crippen molar-refractivity contribution in [2.24, 2.45) is 0 Å². The lowest BCUT2D eigenvalue weighted by Crippen LogP contribution is -2.26. The molecule has 2 rings (SSSR count). The molecule has 0 bridgehead atoms. The first-order valence-electron chi connectivity index (χ1n) is 7.03. The molecule has 2 N–H and O–H groups in total. The number of aliphatic hydroxyl groups excluding tert-OH is 1. The summed E-state index contributed by atoms with van der Waals surface area (Å²) in [6.07, 6.45) is 1.19. The van der Waals surface area contributed by atoms with Gasteiger partial charge < -0.3 is 5.11 Å². The summed E-state index contributed by atoms with van der Waals surface area (Å²) in [4.78, 5) is 1.11. The highest BCUT2D eigenvalue weighted by Crippen LogP contribution is 2.28. The van der Waals surface area contributed by atoms with Crippen molar-refractivity contribution < 1.29 is 13.5 Å². The van der Waals surface area contributed by atoms with Crippen molar-refractivity contribution in [2.45, 2.75) is 23.7 Å². The van der Waals surface area contributed by atoms with Gasteiger partial charge in [0.25, 0.3) is 0 Å². The Balaban J connectivity index is 2.02. The van der Waals surface area contributed by atoms with E-state index in [1.165, 1.54) is 18.2 Å². The summed E-state index contributed by atoms with van der Waals surface area (Å²) in [5.74, 6) is 0.123. The van der Waals surface area contributed by atoms with Gasteiger partial charge >= 0.3 is 0 Å². The minimum Gasteiger partial charge on any atom is -0.396 e. The average Bonchev–Trinajstić information content (AvgIpc) is 3.03. The zero-order chi connectivity index (χ0) is 16.9. The Labute approximate surface area is 150 Å². The number of halogens is 2. The highest BCUT2D eigenvalue weighted by atomic mass is 35.5. The SMILES string of the molecule is O=S(=O)(NCCC(CCO)c1cccs1)c1cc(Cl)ccc1Cl. The van der Waals surface area contributed by atoms with E-state index in [4.69, 9.17) is 23.2 Å². The third-order valence-electron chi connectivity index (χ3n) is 3.39. The smallest absolute Gasteiger partial charge is 0.242 e. The largest absolute Gasteiger partial charge is 0.396 e. The summed E-state index contributed by atoms with van der Waals surface area (Å²) < 4.78 is 27.2. The van der Waals surface area contributed by atoms with Crippen molar-refractivity contribution >= 4 is 44.6 Å². The number of sulfonamides is 1. The van der Waals surface area contributed by atoms with Crippen molar-refractivity contribution in [3.8, 4) is 0 Å². The van der Waals surface area contributed by atoms with Crippen molar-refractivity contribution in [3.05, 3.63) is 50.6 Å². The zero-order valence-electron chi connectivity index (χ0n) is 12.2. The van der Waals surface area contributed by atoms with Crippen LogP contribution in [0.1, 0.15) is 23.6 Å². The predicted molar refractivity (Wildman–Crippen MR) is 95.0 cm³/mol. The first-order valence-corrected chi connectivity index (χ1v) is 10.1. The molecule has 0 fully saturated rings. The van der Waals surface area contributed by atoms with Gasteiger partial charge in [0.2, 0.25) is 10.0 Å². The third-order valence-corrected chi connectivity index (χ3v) is 6.60. The van der Waals surface area contributed by atoms with Crippen molar-refractivity contribution in [1.29, 1.82) is 0 Å². The Bertz CT molecular complexity index is 733. The standard InChI is InChI=1S/C15H17Cl2NO3S2/c16-12-3-4-13(17)15(10-12)23(20,21)18-7-5-11(6-8-19)14-2-1-9-22-14/h1-4,9-11,18-19H,5-8H2. The van der Waals surface area contributed by atoms with E-state index in [9.17, 15) is 13.5 Å². The average molecular weight is 394 g/mol. The molecule has 0 amide bonds. The van der Waals surface area contributed by atoms with Gasteiger partial charge in [-0.2, -0.15) is 0 Å². The molecule has 1 heterocycles. The number of nitrogens with one attached hydrogen (secondary N) is 1.